The van der Waals surface area contributed by atoms with Crippen molar-refractivity contribution in [2.75, 3.05) is 0 Å². The van der Waals surface area contributed by atoms with Gasteiger partial charge in [0.05, 0.1) is 24.6 Å². The lowest BCUT2D eigenvalue weighted by molar-refractivity contribution is -0.148. The normalized spacial score (nSPS) is 37.5. The van der Waals surface area contributed by atoms with Crippen molar-refractivity contribution in [1.82, 2.24) is 10.2 Å². The summed E-state index contributed by atoms with van der Waals surface area (Å²) in [6.07, 6.45) is 2.41. The Balaban J connectivity index is 1.48. The summed E-state index contributed by atoms with van der Waals surface area (Å²) < 4.78 is 5.18. The van der Waals surface area contributed by atoms with E-state index < -0.39 is 6.04 Å². The first kappa shape index (κ1) is 17.3. The molecule has 0 unspecified atom stereocenters. The number of halogens is 2. The van der Waals surface area contributed by atoms with E-state index in [9.17, 15) is 14.4 Å². The minimum Gasteiger partial charge on any atom is -0.467 e. The number of nitrogens with one attached hydrogen (secondary N) is 1. The molecule has 1 aromatic heterocycles. The number of nitrogens with zero attached hydrogens (tertiary/aromatic N) is 1. The highest BCUT2D eigenvalue weighted by Gasteiger charge is 2.67. The van der Waals surface area contributed by atoms with Gasteiger partial charge in [-0.15, -0.1) is 0 Å². The number of amides is 3. The van der Waals surface area contributed by atoms with Gasteiger partial charge >= 0.3 is 0 Å². The molecule has 4 rings (SSSR count). The predicted octanol–water partition coefficient (Wildman–Crippen LogP) is 2.06. The number of carbonyl (C=O) groups is 3. The second kappa shape index (κ2) is 6.23. The van der Waals surface area contributed by atoms with Crippen molar-refractivity contribution in [3.05, 3.63) is 24.2 Å². The van der Waals surface area contributed by atoms with E-state index in [1.54, 1.807) is 19.1 Å². The van der Waals surface area contributed by atoms with Crippen LogP contribution >= 0.6 is 31.9 Å². The molecule has 3 amide bonds. The number of imide groups is 1. The lowest BCUT2D eigenvalue weighted by Gasteiger charge is -2.28. The van der Waals surface area contributed by atoms with Crippen LogP contribution in [0.25, 0.3) is 0 Å². The predicted molar refractivity (Wildman–Crippen MR) is 95.9 cm³/mol. The Morgan fingerprint density at radius 1 is 1.28 bits per heavy atom. The molecule has 0 radical (unpaired) electrons. The van der Waals surface area contributed by atoms with Gasteiger partial charge < -0.3 is 9.73 Å². The zero-order valence-electron chi connectivity index (χ0n) is 13.5. The smallest absolute Gasteiger partial charge is 0.243 e. The topological polar surface area (TPSA) is 79.6 Å². The Labute approximate surface area is 161 Å². The molecule has 2 saturated carbocycles. The highest BCUT2D eigenvalue weighted by atomic mass is 79.9. The molecule has 3 aliphatic rings. The molecule has 134 valence electrons. The fourth-order valence-electron chi connectivity index (χ4n) is 4.61. The third-order valence-electron chi connectivity index (χ3n) is 5.80. The summed E-state index contributed by atoms with van der Waals surface area (Å²) in [5.74, 6) is -0.417. The van der Waals surface area contributed by atoms with Crippen molar-refractivity contribution in [2.24, 2.45) is 23.7 Å². The van der Waals surface area contributed by atoms with Crippen molar-refractivity contribution in [3.63, 3.8) is 0 Å². The van der Waals surface area contributed by atoms with Gasteiger partial charge in [0.2, 0.25) is 17.7 Å². The highest BCUT2D eigenvalue weighted by molar-refractivity contribution is 9.12. The standard InChI is InChI=1S/C17H18Br2N2O4/c1-7(15(22)20-6-8-3-2-4-25-8)21-16(23)11-9-5-10(12(11)17(21)24)14(19)13(9)18/h2-4,7,9-14H,5-6H2,1H3,(H,20,22)/t7-,9-,10-,11-,12-,13-,14+/m0/s1. The number of rotatable bonds is 4. The first-order valence-corrected chi connectivity index (χ1v) is 10.2. The average Bonchev–Trinajstić information content (AvgIpc) is 3.33. The molecule has 0 aromatic carbocycles. The molecule has 2 aliphatic carbocycles. The third-order valence-corrected chi connectivity index (χ3v) is 9.01. The van der Waals surface area contributed by atoms with E-state index in [-0.39, 0.29) is 57.6 Å². The summed E-state index contributed by atoms with van der Waals surface area (Å²) in [5.41, 5.74) is 0. The maximum atomic E-state index is 12.9. The molecule has 8 heteroatoms. The van der Waals surface area contributed by atoms with Crippen molar-refractivity contribution in [3.8, 4) is 0 Å². The van der Waals surface area contributed by atoms with Crippen LogP contribution in [0.1, 0.15) is 19.1 Å². The van der Waals surface area contributed by atoms with Crippen LogP contribution < -0.4 is 5.32 Å². The molecule has 3 fully saturated rings. The quantitative estimate of drug-likeness (QED) is 0.536. The van der Waals surface area contributed by atoms with Crippen LogP contribution in [0.4, 0.5) is 0 Å². The number of fused-ring (bicyclic) bond motifs is 5. The van der Waals surface area contributed by atoms with E-state index in [0.717, 1.165) is 6.42 Å². The molecule has 25 heavy (non-hydrogen) atoms. The zero-order valence-corrected chi connectivity index (χ0v) is 16.7. The van der Waals surface area contributed by atoms with Crippen molar-refractivity contribution >= 4 is 49.6 Å². The van der Waals surface area contributed by atoms with E-state index >= 15 is 0 Å². The Morgan fingerprint density at radius 3 is 2.40 bits per heavy atom. The number of hydrogen-bond acceptors (Lipinski definition) is 4. The van der Waals surface area contributed by atoms with E-state index in [4.69, 9.17) is 4.42 Å². The molecule has 7 atom stereocenters. The van der Waals surface area contributed by atoms with Gasteiger partial charge in [0.1, 0.15) is 11.8 Å². The number of alkyl halides is 2. The maximum absolute atomic E-state index is 12.9. The lowest BCUT2D eigenvalue weighted by Crippen LogP contribution is -2.48. The van der Waals surface area contributed by atoms with Crippen molar-refractivity contribution in [2.45, 2.75) is 35.6 Å². The van der Waals surface area contributed by atoms with Gasteiger partial charge in [0, 0.05) is 9.65 Å². The van der Waals surface area contributed by atoms with Crippen LogP contribution in [-0.4, -0.2) is 38.3 Å². The summed E-state index contributed by atoms with van der Waals surface area (Å²) >= 11 is 7.32. The van der Waals surface area contributed by atoms with E-state index in [0.29, 0.717) is 5.76 Å². The Hall–Kier alpha value is -1.15. The molecule has 1 aliphatic heterocycles. The molecular formula is C17H18Br2N2O4. The Bertz CT molecular complexity index is 690. The Morgan fingerprint density at radius 2 is 1.88 bits per heavy atom. The van der Waals surface area contributed by atoms with E-state index in [2.05, 4.69) is 37.2 Å². The molecule has 1 aromatic rings. The minimum absolute atomic E-state index is 0.152. The van der Waals surface area contributed by atoms with Crippen LogP contribution in [0.2, 0.25) is 0 Å². The van der Waals surface area contributed by atoms with Gasteiger partial charge in [-0.25, -0.2) is 0 Å². The van der Waals surface area contributed by atoms with Crippen molar-refractivity contribution < 1.29 is 18.8 Å². The monoisotopic (exact) mass is 472 g/mol. The second-order valence-electron chi connectivity index (χ2n) is 7.02. The maximum Gasteiger partial charge on any atom is 0.243 e. The van der Waals surface area contributed by atoms with Crippen LogP contribution in [0.3, 0.4) is 0 Å². The number of carbonyl (C=O) groups excluding carboxylic acids is 3. The van der Waals surface area contributed by atoms with Crippen LogP contribution in [-0.2, 0) is 20.9 Å². The van der Waals surface area contributed by atoms with Gasteiger partial charge in [-0.2, -0.15) is 0 Å². The highest BCUT2D eigenvalue weighted by Crippen LogP contribution is 2.60. The fourth-order valence-corrected chi connectivity index (χ4v) is 6.48. The summed E-state index contributed by atoms with van der Waals surface area (Å²) in [6.45, 7) is 1.84. The first-order valence-electron chi connectivity index (χ1n) is 8.37. The van der Waals surface area contributed by atoms with Gasteiger partial charge in [-0.05, 0) is 37.3 Å². The summed E-state index contributed by atoms with van der Waals surface area (Å²) in [4.78, 5) is 39.8. The second-order valence-corrected chi connectivity index (χ2v) is 9.14. The molecule has 1 saturated heterocycles. The van der Waals surface area contributed by atoms with Gasteiger partial charge in [-0.3, -0.25) is 19.3 Å². The first-order chi connectivity index (χ1) is 11.9. The molecule has 1 N–H and O–H groups in total. The molecule has 2 bridgehead atoms. The zero-order chi connectivity index (χ0) is 17.9. The van der Waals surface area contributed by atoms with Crippen LogP contribution in [0, 0.1) is 23.7 Å². The SMILES string of the molecule is C[C@@H](C(=O)NCc1ccco1)N1C(=O)[C@H]2[C@@H]3C[C@H]([C@@H](Br)[C@H]3Br)[C@@H]2C1=O. The average molecular weight is 474 g/mol. The Kier molecular flexibility index (Phi) is 4.30. The molecule has 2 heterocycles. The molecule has 0 spiro atoms. The van der Waals surface area contributed by atoms with Crippen LogP contribution in [0.5, 0.6) is 0 Å². The minimum atomic E-state index is -0.817. The van der Waals surface area contributed by atoms with Crippen LogP contribution in [0.15, 0.2) is 22.8 Å². The van der Waals surface area contributed by atoms with E-state index in [1.807, 2.05) is 0 Å². The largest absolute Gasteiger partial charge is 0.467 e. The summed E-state index contributed by atoms with van der Waals surface area (Å²) in [5, 5.41) is 2.73. The molecule has 6 nitrogen and oxygen atoms in total. The summed E-state index contributed by atoms with van der Waals surface area (Å²) in [7, 11) is 0. The summed E-state index contributed by atoms with van der Waals surface area (Å²) in [6, 6.07) is 2.68. The van der Waals surface area contributed by atoms with Gasteiger partial charge in [0.15, 0.2) is 0 Å². The third kappa shape index (κ3) is 2.51. The molecular weight excluding hydrogens is 456 g/mol. The van der Waals surface area contributed by atoms with Gasteiger partial charge in [0.25, 0.3) is 0 Å². The van der Waals surface area contributed by atoms with Gasteiger partial charge in [-0.1, -0.05) is 31.9 Å². The lowest BCUT2D eigenvalue weighted by atomic mass is 9.81. The fraction of sp³-hybridized carbons (Fsp3) is 0.588. The number of furan rings is 1. The van der Waals surface area contributed by atoms with Crippen molar-refractivity contribution in [1.29, 1.82) is 0 Å². The van der Waals surface area contributed by atoms with E-state index in [1.165, 1.54) is 11.2 Å². The number of likely N-dealkylation sites (tertiary alicyclic amines) is 1. The number of hydrogen-bond donors (Lipinski definition) is 1.